The Morgan fingerprint density at radius 3 is 2.00 bits per heavy atom. The lowest BCUT2D eigenvalue weighted by Crippen LogP contribution is -2.53. The minimum atomic E-state index is -4.13. The van der Waals surface area contributed by atoms with Crippen molar-refractivity contribution in [2.45, 2.75) is 37.8 Å². The molecule has 9 heteroatoms. The lowest BCUT2D eigenvalue weighted by atomic mass is 10.0. The molecule has 0 saturated heterocycles. The molecular formula is C35H39N3O5S. The first-order valence-corrected chi connectivity index (χ1v) is 16.0. The molecule has 1 N–H and O–H groups in total. The Hall–Kier alpha value is -4.63. The summed E-state index contributed by atoms with van der Waals surface area (Å²) in [5, 5.41) is 3.00. The molecular weight excluding hydrogens is 574 g/mol. The van der Waals surface area contributed by atoms with Crippen LogP contribution in [-0.2, 0) is 32.6 Å². The van der Waals surface area contributed by atoms with Gasteiger partial charge in [0.15, 0.2) is 0 Å². The molecule has 0 radical (unpaired) electrons. The Morgan fingerprint density at radius 1 is 0.795 bits per heavy atom. The molecule has 2 amide bonds. The van der Waals surface area contributed by atoms with Gasteiger partial charge in [-0.25, -0.2) is 8.42 Å². The zero-order valence-electron chi connectivity index (χ0n) is 25.3. The molecule has 0 spiro atoms. The fourth-order valence-electron chi connectivity index (χ4n) is 4.79. The van der Waals surface area contributed by atoms with E-state index >= 15 is 0 Å². The summed E-state index contributed by atoms with van der Waals surface area (Å²) in [6.45, 7) is 3.99. The second kappa shape index (κ2) is 15.2. The highest BCUT2D eigenvalue weighted by Crippen LogP contribution is 2.25. The van der Waals surface area contributed by atoms with Crippen LogP contribution in [0, 0.1) is 5.92 Å². The first-order chi connectivity index (χ1) is 21.2. The molecule has 1 atom stereocenters. The van der Waals surface area contributed by atoms with Crippen LogP contribution in [0.15, 0.2) is 120 Å². The molecule has 4 rings (SSSR count). The van der Waals surface area contributed by atoms with Gasteiger partial charge in [0.2, 0.25) is 11.8 Å². The third-order valence-electron chi connectivity index (χ3n) is 7.10. The summed E-state index contributed by atoms with van der Waals surface area (Å²) in [6.07, 6.45) is 0.247. The van der Waals surface area contributed by atoms with Crippen molar-refractivity contribution in [2.75, 3.05) is 24.5 Å². The Morgan fingerprint density at radius 2 is 1.39 bits per heavy atom. The Balaban J connectivity index is 1.78. The standard InChI is InChI=1S/C35H39N3O5S/c1-27(2)24-36-35(40)33(23-28-14-7-4-8-15-28)37(25-29-16-13-19-31(22-29)43-3)34(39)26-38(30-17-9-5-10-18-30)44(41,42)32-20-11-6-12-21-32/h4-22,27,33H,23-26H2,1-3H3,(H,36,40)/t33-/m1/s1. The maximum absolute atomic E-state index is 14.4. The van der Waals surface area contributed by atoms with Gasteiger partial charge >= 0.3 is 0 Å². The fraction of sp³-hybridized carbons (Fsp3) is 0.257. The predicted molar refractivity (Wildman–Crippen MR) is 173 cm³/mol. The number of carbonyl (C=O) groups is 2. The van der Waals surface area contributed by atoms with Gasteiger partial charge < -0.3 is 15.0 Å². The molecule has 0 aliphatic rings. The average Bonchev–Trinajstić information content (AvgIpc) is 3.05. The number of nitrogens with one attached hydrogen (secondary N) is 1. The number of benzene rings is 4. The monoisotopic (exact) mass is 613 g/mol. The Kier molecular flexibility index (Phi) is 11.2. The van der Waals surface area contributed by atoms with Gasteiger partial charge in [0, 0.05) is 19.5 Å². The maximum atomic E-state index is 14.4. The van der Waals surface area contributed by atoms with Crippen molar-refractivity contribution in [2.24, 2.45) is 5.92 Å². The van der Waals surface area contributed by atoms with Crippen LogP contribution in [0.5, 0.6) is 5.75 Å². The summed E-state index contributed by atoms with van der Waals surface area (Å²) in [6, 6.07) is 32.4. The van der Waals surface area contributed by atoms with Crippen LogP contribution in [0.25, 0.3) is 0 Å². The molecule has 44 heavy (non-hydrogen) atoms. The highest BCUT2D eigenvalue weighted by Gasteiger charge is 2.34. The normalized spacial score (nSPS) is 11.9. The van der Waals surface area contributed by atoms with Crippen LogP contribution < -0.4 is 14.4 Å². The zero-order valence-corrected chi connectivity index (χ0v) is 26.1. The van der Waals surface area contributed by atoms with Crippen LogP contribution in [0.4, 0.5) is 5.69 Å². The van der Waals surface area contributed by atoms with Crippen molar-refractivity contribution >= 4 is 27.5 Å². The van der Waals surface area contributed by atoms with Crippen LogP contribution >= 0.6 is 0 Å². The summed E-state index contributed by atoms with van der Waals surface area (Å²) < 4.78 is 34.4. The SMILES string of the molecule is COc1cccc(CN(C(=O)CN(c2ccccc2)S(=O)(=O)c2ccccc2)[C@H](Cc2ccccc2)C(=O)NCC(C)C)c1. The van der Waals surface area contributed by atoms with E-state index in [2.05, 4.69) is 5.32 Å². The van der Waals surface area contributed by atoms with Crippen molar-refractivity contribution in [1.29, 1.82) is 0 Å². The number of carbonyl (C=O) groups excluding carboxylic acids is 2. The molecule has 0 bridgehead atoms. The number of amides is 2. The van der Waals surface area contributed by atoms with Crippen molar-refractivity contribution in [1.82, 2.24) is 10.2 Å². The molecule has 0 aliphatic carbocycles. The number of para-hydroxylation sites is 1. The van der Waals surface area contributed by atoms with E-state index in [4.69, 9.17) is 4.74 Å². The van der Waals surface area contributed by atoms with E-state index in [1.807, 2.05) is 62.4 Å². The van der Waals surface area contributed by atoms with E-state index in [-0.39, 0.29) is 29.7 Å². The highest BCUT2D eigenvalue weighted by atomic mass is 32.2. The minimum absolute atomic E-state index is 0.0616. The number of rotatable bonds is 14. The number of hydrogen-bond acceptors (Lipinski definition) is 5. The predicted octanol–water partition coefficient (Wildman–Crippen LogP) is 5.30. The van der Waals surface area contributed by atoms with Crippen LogP contribution in [0.2, 0.25) is 0 Å². The summed E-state index contributed by atoms with van der Waals surface area (Å²) in [4.78, 5) is 29.8. The summed E-state index contributed by atoms with van der Waals surface area (Å²) in [5.41, 5.74) is 1.96. The van der Waals surface area contributed by atoms with Gasteiger partial charge in [-0.2, -0.15) is 0 Å². The number of ether oxygens (including phenoxy) is 1. The summed E-state index contributed by atoms with van der Waals surface area (Å²) in [5.74, 6) is -0.0208. The summed E-state index contributed by atoms with van der Waals surface area (Å²) >= 11 is 0. The maximum Gasteiger partial charge on any atom is 0.264 e. The van der Waals surface area contributed by atoms with Crippen LogP contribution in [-0.4, -0.2) is 51.4 Å². The number of nitrogens with zero attached hydrogens (tertiary/aromatic N) is 2. The van der Waals surface area contributed by atoms with Gasteiger partial charge in [0.05, 0.1) is 17.7 Å². The van der Waals surface area contributed by atoms with Gasteiger partial charge in [-0.1, -0.05) is 92.7 Å². The van der Waals surface area contributed by atoms with Gasteiger partial charge in [0.1, 0.15) is 18.3 Å². The zero-order chi connectivity index (χ0) is 31.5. The number of sulfonamides is 1. The molecule has 0 heterocycles. The lowest BCUT2D eigenvalue weighted by Gasteiger charge is -2.34. The van der Waals surface area contributed by atoms with Gasteiger partial charge in [-0.3, -0.25) is 13.9 Å². The lowest BCUT2D eigenvalue weighted by molar-refractivity contribution is -0.140. The van der Waals surface area contributed by atoms with Gasteiger partial charge in [-0.15, -0.1) is 0 Å². The molecule has 0 fully saturated rings. The average molecular weight is 614 g/mol. The van der Waals surface area contributed by atoms with Gasteiger partial charge in [0.25, 0.3) is 10.0 Å². The van der Waals surface area contributed by atoms with Crippen LogP contribution in [0.1, 0.15) is 25.0 Å². The first kappa shape index (κ1) is 32.3. The summed E-state index contributed by atoms with van der Waals surface area (Å²) in [7, 11) is -2.57. The molecule has 0 saturated carbocycles. The van der Waals surface area contributed by atoms with E-state index in [0.717, 1.165) is 15.4 Å². The number of anilines is 1. The number of methoxy groups -OCH3 is 1. The molecule has 0 unspecified atom stereocenters. The van der Waals surface area contributed by atoms with Crippen molar-refractivity contribution in [3.8, 4) is 5.75 Å². The van der Waals surface area contributed by atoms with Gasteiger partial charge in [-0.05, 0) is 53.4 Å². The number of hydrogen-bond donors (Lipinski definition) is 1. The second-order valence-corrected chi connectivity index (χ2v) is 12.7. The fourth-order valence-corrected chi connectivity index (χ4v) is 6.22. The molecule has 8 nitrogen and oxygen atoms in total. The largest absolute Gasteiger partial charge is 0.497 e. The molecule has 0 aliphatic heterocycles. The van der Waals surface area contributed by atoms with Crippen molar-refractivity contribution in [3.63, 3.8) is 0 Å². The molecule has 0 aromatic heterocycles. The quantitative estimate of drug-likeness (QED) is 0.208. The topological polar surface area (TPSA) is 96.0 Å². The van der Waals surface area contributed by atoms with Crippen LogP contribution in [0.3, 0.4) is 0 Å². The van der Waals surface area contributed by atoms with E-state index in [0.29, 0.717) is 18.0 Å². The molecule has 230 valence electrons. The minimum Gasteiger partial charge on any atom is -0.497 e. The van der Waals surface area contributed by atoms with Crippen molar-refractivity contribution < 1.29 is 22.7 Å². The van der Waals surface area contributed by atoms with E-state index < -0.39 is 28.5 Å². The molecule has 4 aromatic rings. The van der Waals surface area contributed by atoms with Crippen molar-refractivity contribution in [3.05, 3.63) is 126 Å². The third-order valence-corrected chi connectivity index (χ3v) is 8.89. The Labute approximate surface area is 260 Å². The first-order valence-electron chi connectivity index (χ1n) is 14.6. The third kappa shape index (κ3) is 8.48. The van der Waals surface area contributed by atoms with E-state index in [1.165, 1.54) is 17.0 Å². The Bertz CT molecular complexity index is 1610. The second-order valence-electron chi connectivity index (χ2n) is 10.9. The highest BCUT2D eigenvalue weighted by molar-refractivity contribution is 7.92. The smallest absolute Gasteiger partial charge is 0.264 e. The van der Waals surface area contributed by atoms with E-state index in [1.54, 1.807) is 61.7 Å². The van der Waals surface area contributed by atoms with E-state index in [9.17, 15) is 18.0 Å². The molecule has 4 aromatic carbocycles.